The van der Waals surface area contributed by atoms with E-state index in [1.165, 1.54) is 24.7 Å². The summed E-state index contributed by atoms with van der Waals surface area (Å²) in [7, 11) is 0. The molecular formula is C22H19F2N7O2. The first kappa shape index (κ1) is 21.8. The number of nitrogens with two attached hydrogens (primary N) is 1. The number of hydrogen-bond acceptors (Lipinski definition) is 6. The number of rotatable bonds is 5. The largest absolute Gasteiger partial charge is 0.383 e. The highest BCUT2D eigenvalue weighted by molar-refractivity contribution is 6.17. The van der Waals surface area contributed by atoms with Crippen LogP contribution in [0.25, 0.3) is 11.0 Å². The Morgan fingerprint density at radius 3 is 2.58 bits per heavy atom. The Kier molecular flexibility index (Phi) is 5.69. The van der Waals surface area contributed by atoms with Crippen molar-refractivity contribution in [1.82, 2.24) is 19.5 Å². The first-order valence-corrected chi connectivity index (χ1v) is 9.89. The fourth-order valence-electron chi connectivity index (χ4n) is 3.32. The van der Waals surface area contributed by atoms with E-state index in [0.717, 1.165) is 12.1 Å². The summed E-state index contributed by atoms with van der Waals surface area (Å²) in [6.45, 7) is 3.88. The van der Waals surface area contributed by atoms with E-state index in [9.17, 15) is 18.4 Å². The molecule has 0 fully saturated rings. The van der Waals surface area contributed by atoms with Gasteiger partial charge >= 0.3 is 6.03 Å². The highest BCUT2D eigenvalue weighted by Gasteiger charge is 2.22. The van der Waals surface area contributed by atoms with E-state index in [2.05, 4.69) is 25.6 Å². The van der Waals surface area contributed by atoms with Gasteiger partial charge in [-0.15, -0.1) is 0 Å². The third-order valence-electron chi connectivity index (χ3n) is 4.87. The monoisotopic (exact) mass is 451 g/mol. The molecule has 4 aromatic rings. The number of carbonyl (C=O) groups excluding carboxylic acids is 2. The number of halogens is 2. The highest BCUT2D eigenvalue weighted by atomic mass is 19.1. The second kappa shape index (κ2) is 8.61. The third-order valence-corrected chi connectivity index (χ3v) is 4.87. The lowest BCUT2D eigenvalue weighted by Gasteiger charge is -2.09. The Hall–Kier alpha value is -4.41. The first-order valence-electron chi connectivity index (χ1n) is 9.89. The zero-order valence-corrected chi connectivity index (χ0v) is 17.6. The van der Waals surface area contributed by atoms with E-state index < -0.39 is 23.4 Å². The van der Waals surface area contributed by atoms with Crippen LogP contribution in [-0.4, -0.2) is 31.3 Å². The Morgan fingerprint density at radius 1 is 1.06 bits per heavy atom. The predicted molar refractivity (Wildman–Crippen MR) is 119 cm³/mol. The summed E-state index contributed by atoms with van der Waals surface area (Å²) in [6, 6.07) is 4.85. The lowest BCUT2D eigenvalue weighted by molar-refractivity contribution is 0.103. The molecule has 4 rings (SSSR count). The molecule has 0 atom stereocenters. The second-order valence-electron chi connectivity index (χ2n) is 7.46. The molecule has 0 spiro atoms. The molecule has 4 N–H and O–H groups in total. The molecule has 168 valence electrons. The molecule has 0 saturated carbocycles. The van der Waals surface area contributed by atoms with Gasteiger partial charge in [-0.1, -0.05) is 0 Å². The summed E-state index contributed by atoms with van der Waals surface area (Å²) in [5, 5.41) is 5.19. The summed E-state index contributed by atoms with van der Waals surface area (Å²) < 4.78 is 28.6. The molecule has 0 unspecified atom stereocenters. The molecule has 0 saturated heterocycles. The van der Waals surface area contributed by atoms with Gasteiger partial charge in [0.15, 0.2) is 0 Å². The van der Waals surface area contributed by atoms with Gasteiger partial charge in [-0.05, 0) is 38.1 Å². The maximum absolute atomic E-state index is 13.8. The number of fused-ring (bicyclic) bond motifs is 1. The predicted octanol–water partition coefficient (Wildman–Crippen LogP) is 4.14. The molecule has 9 nitrogen and oxygen atoms in total. The maximum atomic E-state index is 13.8. The summed E-state index contributed by atoms with van der Waals surface area (Å²) in [6.07, 6.45) is 4.33. The minimum absolute atomic E-state index is 0.0138. The molecule has 0 bridgehead atoms. The number of benzene rings is 1. The second-order valence-corrected chi connectivity index (χ2v) is 7.46. The topological polar surface area (TPSA) is 128 Å². The third kappa shape index (κ3) is 4.33. The number of nitrogens with one attached hydrogen (secondary N) is 2. The minimum atomic E-state index is -0.919. The molecule has 0 aliphatic carbocycles. The molecule has 0 aliphatic rings. The van der Waals surface area contributed by atoms with Crippen molar-refractivity contribution >= 4 is 40.0 Å². The van der Waals surface area contributed by atoms with Crippen molar-refractivity contribution in [2.45, 2.75) is 19.9 Å². The van der Waals surface area contributed by atoms with Crippen LogP contribution in [0.15, 0.2) is 49.1 Å². The lowest BCUT2D eigenvalue weighted by atomic mass is 10.1. The van der Waals surface area contributed by atoms with Crippen LogP contribution < -0.4 is 16.4 Å². The molecule has 33 heavy (non-hydrogen) atoms. The Balaban J connectivity index is 1.60. The summed E-state index contributed by atoms with van der Waals surface area (Å²) in [4.78, 5) is 37.8. The van der Waals surface area contributed by atoms with Crippen molar-refractivity contribution in [3.63, 3.8) is 0 Å². The SMILES string of the molecule is CC(C)n1cc(C(=O)c2cc(NC(=O)Nc3ccc(F)cc3F)ccn2)c2c(N)ncnc21. The molecule has 11 heteroatoms. The fourth-order valence-corrected chi connectivity index (χ4v) is 3.32. The number of amides is 2. The standard InChI is InChI=1S/C22H19F2N7O2/c1-11(2)31-9-14(18-20(25)27-10-28-21(18)31)19(32)17-8-13(5-6-26-17)29-22(33)30-16-4-3-12(23)7-15(16)24/h3-11H,1-2H3,(H2,25,27,28)(H2,26,29,30,33). The summed E-state index contributed by atoms with van der Waals surface area (Å²) >= 11 is 0. The maximum Gasteiger partial charge on any atom is 0.323 e. The van der Waals surface area contributed by atoms with Crippen LogP contribution in [0.5, 0.6) is 0 Å². The molecule has 3 aromatic heterocycles. The van der Waals surface area contributed by atoms with Crippen LogP contribution in [0.4, 0.5) is 30.8 Å². The molecule has 0 aliphatic heterocycles. The molecular weight excluding hydrogens is 432 g/mol. The fraction of sp³-hybridized carbons (Fsp3) is 0.136. The van der Waals surface area contributed by atoms with Crippen molar-refractivity contribution in [3.05, 3.63) is 71.9 Å². The Labute approximate surface area is 186 Å². The van der Waals surface area contributed by atoms with Gasteiger partial charge in [-0.25, -0.2) is 23.5 Å². The minimum Gasteiger partial charge on any atom is -0.383 e. The van der Waals surface area contributed by atoms with E-state index in [0.29, 0.717) is 17.1 Å². The Bertz CT molecular complexity index is 1380. The van der Waals surface area contributed by atoms with Gasteiger partial charge in [0, 0.05) is 30.2 Å². The van der Waals surface area contributed by atoms with E-state index >= 15 is 0 Å². The van der Waals surface area contributed by atoms with Gasteiger partial charge in [0.2, 0.25) is 5.78 Å². The van der Waals surface area contributed by atoms with Crippen LogP contribution in [0.3, 0.4) is 0 Å². The first-order chi connectivity index (χ1) is 15.7. The number of aromatic nitrogens is 4. The van der Waals surface area contributed by atoms with E-state index in [1.807, 2.05) is 18.4 Å². The van der Waals surface area contributed by atoms with Crippen molar-refractivity contribution in [1.29, 1.82) is 0 Å². The van der Waals surface area contributed by atoms with Crippen molar-refractivity contribution < 1.29 is 18.4 Å². The van der Waals surface area contributed by atoms with Gasteiger partial charge in [-0.3, -0.25) is 9.78 Å². The number of carbonyl (C=O) groups is 2. The van der Waals surface area contributed by atoms with Gasteiger partial charge in [0.25, 0.3) is 0 Å². The van der Waals surface area contributed by atoms with Gasteiger partial charge < -0.3 is 20.9 Å². The smallest absolute Gasteiger partial charge is 0.323 e. The number of pyridine rings is 1. The number of anilines is 3. The summed E-state index contributed by atoms with van der Waals surface area (Å²) in [5.41, 5.74) is 6.91. The number of hydrogen-bond donors (Lipinski definition) is 3. The van der Waals surface area contributed by atoms with Crippen LogP contribution in [0.1, 0.15) is 35.9 Å². The van der Waals surface area contributed by atoms with E-state index in [1.54, 1.807) is 6.20 Å². The number of nitrogen functional groups attached to an aromatic ring is 1. The zero-order valence-electron chi connectivity index (χ0n) is 17.6. The molecule has 2 amide bonds. The molecule has 1 aromatic carbocycles. The van der Waals surface area contributed by atoms with E-state index in [4.69, 9.17) is 5.73 Å². The number of urea groups is 1. The quantitative estimate of drug-likeness (QED) is 0.391. The molecule has 3 heterocycles. The molecule has 0 radical (unpaired) electrons. The van der Waals surface area contributed by atoms with Crippen molar-refractivity contribution in [2.75, 3.05) is 16.4 Å². The van der Waals surface area contributed by atoms with Gasteiger partial charge in [-0.2, -0.15) is 0 Å². The zero-order chi connectivity index (χ0) is 23.7. The van der Waals surface area contributed by atoms with E-state index in [-0.39, 0.29) is 34.5 Å². The van der Waals surface area contributed by atoms with Gasteiger partial charge in [0.1, 0.15) is 35.1 Å². The number of ketones is 1. The lowest BCUT2D eigenvalue weighted by Crippen LogP contribution is -2.20. The van der Waals surface area contributed by atoms with Crippen LogP contribution in [0.2, 0.25) is 0 Å². The van der Waals surface area contributed by atoms with Crippen molar-refractivity contribution in [3.8, 4) is 0 Å². The van der Waals surface area contributed by atoms with Crippen LogP contribution in [-0.2, 0) is 0 Å². The van der Waals surface area contributed by atoms with Crippen LogP contribution >= 0.6 is 0 Å². The average molecular weight is 451 g/mol. The van der Waals surface area contributed by atoms with Crippen LogP contribution in [0, 0.1) is 11.6 Å². The Morgan fingerprint density at radius 2 is 1.85 bits per heavy atom. The number of nitrogens with zero attached hydrogens (tertiary/aromatic N) is 4. The van der Waals surface area contributed by atoms with Crippen molar-refractivity contribution in [2.24, 2.45) is 0 Å². The highest BCUT2D eigenvalue weighted by Crippen LogP contribution is 2.28. The van der Waals surface area contributed by atoms with Gasteiger partial charge in [0.05, 0.1) is 16.6 Å². The normalized spacial score (nSPS) is 11.1. The average Bonchev–Trinajstić information content (AvgIpc) is 3.17. The summed E-state index contributed by atoms with van der Waals surface area (Å²) in [5.74, 6) is -1.95.